The van der Waals surface area contributed by atoms with E-state index in [4.69, 9.17) is 0 Å². The second-order valence-corrected chi connectivity index (χ2v) is 5.31. The lowest BCUT2D eigenvalue weighted by molar-refractivity contribution is 0.170. The van der Waals surface area contributed by atoms with Crippen LogP contribution >= 0.6 is 27.3 Å². The Morgan fingerprint density at radius 3 is 2.88 bits per heavy atom. The van der Waals surface area contributed by atoms with Crippen LogP contribution in [0.15, 0.2) is 40.3 Å². The summed E-state index contributed by atoms with van der Waals surface area (Å²) in [7, 11) is 0. The number of aliphatic hydroxyl groups is 1. The van der Waals surface area contributed by atoms with E-state index in [0.717, 1.165) is 21.5 Å². The lowest BCUT2D eigenvalue weighted by atomic mass is 10.1. The third-order valence-corrected chi connectivity index (χ3v) is 4.32. The highest BCUT2D eigenvalue weighted by Gasteiger charge is 2.12. The molecule has 16 heavy (non-hydrogen) atoms. The van der Waals surface area contributed by atoms with Crippen molar-refractivity contribution in [2.45, 2.75) is 18.9 Å². The molecule has 1 N–H and O–H groups in total. The van der Waals surface area contributed by atoms with E-state index in [9.17, 15) is 5.11 Å². The van der Waals surface area contributed by atoms with Crippen molar-refractivity contribution < 1.29 is 5.11 Å². The fraction of sp³-hybridized carbons (Fsp3) is 0.250. The molecule has 0 saturated heterocycles. The molecule has 4 heteroatoms. The predicted octanol–water partition coefficient (Wildman–Crippen LogP) is 3.57. The first-order chi connectivity index (χ1) is 7.77. The minimum absolute atomic E-state index is 0.406. The first kappa shape index (κ1) is 11.8. The first-order valence-corrected chi connectivity index (χ1v) is 6.75. The number of aliphatic hydroxyl groups excluding tert-OH is 1. The number of rotatable bonds is 4. The molecule has 2 aromatic heterocycles. The molecule has 0 aliphatic rings. The van der Waals surface area contributed by atoms with Crippen LogP contribution in [0.5, 0.6) is 0 Å². The van der Waals surface area contributed by atoms with E-state index in [-0.39, 0.29) is 0 Å². The lowest BCUT2D eigenvalue weighted by Gasteiger charge is -2.08. The Morgan fingerprint density at radius 1 is 1.38 bits per heavy atom. The van der Waals surface area contributed by atoms with Gasteiger partial charge in [0.25, 0.3) is 0 Å². The molecular weight excluding hydrogens is 286 g/mol. The molecule has 84 valence electrons. The zero-order valence-corrected chi connectivity index (χ0v) is 11.0. The summed E-state index contributed by atoms with van der Waals surface area (Å²) in [6, 6.07) is 7.81. The van der Waals surface area contributed by atoms with Gasteiger partial charge >= 0.3 is 0 Å². The molecule has 0 fully saturated rings. The number of hydrogen-bond donors (Lipinski definition) is 1. The maximum atomic E-state index is 10.0. The maximum Gasteiger partial charge on any atom is 0.0897 e. The molecular formula is C12H12BrNOS. The molecule has 0 radical (unpaired) electrons. The van der Waals surface area contributed by atoms with Crippen LogP contribution in [0, 0.1) is 0 Å². The van der Waals surface area contributed by atoms with Gasteiger partial charge in [0.05, 0.1) is 6.10 Å². The minimum atomic E-state index is -0.406. The molecule has 0 amide bonds. The van der Waals surface area contributed by atoms with Crippen LogP contribution in [0.3, 0.4) is 0 Å². The van der Waals surface area contributed by atoms with Crippen LogP contribution in [0.4, 0.5) is 0 Å². The van der Waals surface area contributed by atoms with Gasteiger partial charge in [0.1, 0.15) is 0 Å². The van der Waals surface area contributed by atoms with Gasteiger partial charge in [-0.15, -0.1) is 11.3 Å². The van der Waals surface area contributed by atoms with Gasteiger partial charge in [-0.05, 0) is 52.4 Å². The Balaban J connectivity index is 1.94. The van der Waals surface area contributed by atoms with Crippen LogP contribution in [0.1, 0.15) is 23.1 Å². The number of hydrogen-bond acceptors (Lipinski definition) is 3. The molecule has 0 aromatic carbocycles. The fourth-order valence-electron chi connectivity index (χ4n) is 1.50. The van der Waals surface area contributed by atoms with E-state index in [1.807, 2.05) is 29.6 Å². The molecule has 0 aliphatic heterocycles. The van der Waals surface area contributed by atoms with Crippen molar-refractivity contribution >= 4 is 27.3 Å². The van der Waals surface area contributed by atoms with Gasteiger partial charge in [-0.3, -0.25) is 4.98 Å². The van der Waals surface area contributed by atoms with Crippen LogP contribution in [0.25, 0.3) is 0 Å². The molecule has 2 aromatic rings. The van der Waals surface area contributed by atoms with E-state index in [1.54, 1.807) is 17.5 Å². The van der Waals surface area contributed by atoms with Gasteiger partial charge in [0.15, 0.2) is 0 Å². The zero-order chi connectivity index (χ0) is 11.4. The molecule has 2 rings (SSSR count). The largest absolute Gasteiger partial charge is 0.388 e. The topological polar surface area (TPSA) is 33.1 Å². The van der Waals surface area contributed by atoms with Crippen molar-refractivity contribution in [1.82, 2.24) is 4.98 Å². The molecule has 2 heterocycles. The van der Waals surface area contributed by atoms with Crippen LogP contribution in [0.2, 0.25) is 0 Å². The number of aryl methyl sites for hydroxylation is 1. The third kappa shape index (κ3) is 2.90. The molecule has 0 bridgehead atoms. The van der Waals surface area contributed by atoms with E-state index in [0.29, 0.717) is 6.42 Å². The maximum absolute atomic E-state index is 10.0. The molecule has 2 nitrogen and oxygen atoms in total. The summed E-state index contributed by atoms with van der Waals surface area (Å²) >= 11 is 5.00. The normalized spacial score (nSPS) is 12.6. The highest BCUT2D eigenvalue weighted by atomic mass is 79.9. The predicted molar refractivity (Wildman–Crippen MR) is 69.5 cm³/mol. The second kappa shape index (κ2) is 5.57. The zero-order valence-electron chi connectivity index (χ0n) is 8.64. The Kier molecular flexibility index (Phi) is 4.09. The summed E-state index contributed by atoms with van der Waals surface area (Å²) in [5.41, 5.74) is 1.02. The quantitative estimate of drug-likeness (QED) is 0.936. The third-order valence-electron chi connectivity index (χ3n) is 2.35. The summed E-state index contributed by atoms with van der Waals surface area (Å²) in [4.78, 5) is 5.23. The second-order valence-electron chi connectivity index (χ2n) is 3.51. The van der Waals surface area contributed by atoms with Gasteiger partial charge in [0, 0.05) is 21.2 Å². The van der Waals surface area contributed by atoms with Crippen molar-refractivity contribution in [3.63, 3.8) is 0 Å². The highest BCUT2D eigenvalue weighted by molar-refractivity contribution is 9.10. The summed E-state index contributed by atoms with van der Waals surface area (Å²) < 4.78 is 0.992. The van der Waals surface area contributed by atoms with Crippen molar-refractivity contribution in [3.8, 4) is 0 Å². The average Bonchev–Trinajstić information content (AvgIpc) is 2.74. The smallest absolute Gasteiger partial charge is 0.0897 e. The molecule has 0 aliphatic carbocycles. The highest BCUT2D eigenvalue weighted by Crippen LogP contribution is 2.31. The summed E-state index contributed by atoms with van der Waals surface area (Å²) in [5.74, 6) is 0. The first-order valence-electron chi connectivity index (χ1n) is 5.08. The van der Waals surface area contributed by atoms with Crippen LogP contribution in [-0.4, -0.2) is 10.1 Å². The SMILES string of the molecule is OC(CCc1ccccn1)c1sccc1Br. The molecule has 1 atom stereocenters. The molecule has 1 unspecified atom stereocenters. The van der Waals surface area contributed by atoms with Gasteiger partial charge in [-0.1, -0.05) is 6.07 Å². The lowest BCUT2D eigenvalue weighted by Crippen LogP contribution is -1.99. The summed E-state index contributed by atoms with van der Waals surface area (Å²) in [6.07, 6.45) is 2.88. The van der Waals surface area contributed by atoms with Crippen molar-refractivity contribution in [2.75, 3.05) is 0 Å². The number of nitrogens with zero attached hydrogens (tertiary/aromatic N) is 1. The Bertz CT molecular complexity index is 443. The van der Waals surface area contributed by atoms with E-state index in [1.165, 1.54) is 0 Å². The monoisotopic (exact) mass is 297 g/mol. The standard InChI is InChI=1S/C12H12BrNOS/c13-10-6-8-16-12(10)11(15)5-4-9-3-1-2-7-14-9/h1-3,6-8,11,15H,4-5H2. The molecule has 0 saturated carbocycles. The van der Waals surface area contributed by atoms with Crippen molar-refractivity contribution in [2.24, 2.45) is 0 Å². The van der Waals surface area contributed by atoms with E-state index in [2.05, 4.69) is 20.9 Å². The number of pyridine rings is 1. The van der Waals surface area contributed by atoms with E-state index >= 15 is 0 Å². The Morgan fingerprint density at radius 2 is 2.25 bits per heavy atom. The van der Waals surface area contributed by atoms with Crippen molar-refractivity contribution in [1.29, 1.82) is 0 Å². The number of aromatic nitrogens is 1. The Hall–Kier alpha value is -0.710. The van der Waals surface area contributed by atoms with Gasteiger partial charge in [-0.2, -0.15) is 0 Å². The summed E-state index contributed by atoms with van der Waals surface area (Å²) in [6.45, 7) is 0. The van der Waals surface area contributed by atoms with Gasteiger partial charge in [0.2, 0.25) is 0 Å². The fourth-order valence-corrected chi connectivity index (χ4v) is 3.16. The van der Waals surface area contributed by atoms with Gasteiger partial charge in [-0.25, -0.2) is 0 Å². The van der Waals surface area contributed by atoms with Gasteiger partial charge < -0.3 is 5.11 Å². The van der Waals surface area contributed by atoms with Crippen molar-refractivity contribution in [3.05, 3.63) is 50.9 Å². The summed E-state index contributed by atoms with van der Waals surface area (Å²) in [5, 5.41) is 12.0. The average molecular weight is 298 g/mol. The van der Waals surface area contributed by atoms with E-state index < -0.39 is 6.10 Å². The molecule has 0 spiro atoms. The van der Waals surface area contributed by atoms with Crippen LogP contribution in [-0.2, 0) is 6.42 Å². The number of thiophene rings is 1. The minimum Gasteiger partial charge on any atom is -0.388 e. The van der Waals surface area contributed by atoms with Crippen LogP contribution < -0.4 is 0 Å². The number of halogens is 1. The Labute approximate surface area is 107 Å².